The minimum Gasteiger partial charge on any atom is -0.497 e. The summed E-state index contributed by atoms with van der Waals surface area (Å²) in [6.07, 6.45) is 5.24. The molecule has 2 heteroatoms. The molecule has 0 aliphatic carbocycles. The molecule has 0 aromatic heterocycles. The fraction of sp³-hybridized carbons (Fsp3) is 0.200. The molecular weight excluding hydrogens is 152 g/mol. The van der Waals surface area contributed by atoms with Crippen LogP contribution < -0.4 is 9.47 Å². The summed E-state index contributed by atoms with van der Waals surface area (Å²) < 4.78 is 10.0. The maximum Gasteiger partial charge on any atom is 0.123 e. The van der Waals surface area contributed by atoms with Gasteiger partial charge in [0.1, 0.15) is 11.5 Å². The van der Waals surface area contributed by atoms with Gasteiger partial charge in [0, 0.05) is 11.6 Å². The van der Waals surface area contributed by atoms with E-state index in [1.807, 2.05) is 0 Å². The van der Waals surface area contributed by atoms with Crippen LogP contribution in [0, 0.1) is 12.3 Å². The van der Waals surface area contributed by atoms with E-state index in [2.05, 4.69) is 5.92 Å². The van der Waals surface area contributed by atoms with Gasteiger partial charge in [-0.25, -0.2) is 0 Å². The van der Waals surface area contributed by atoms with Crippen LogP contribution in [0.5, 0.6) is 11.5 Å². The average Bonchev–Trinajstić information content (AvgIpc) is 2.16. The lowest BCUT2D eigenvalue weighted by atomic mass is 10.2. The van der Waals surface area contributed by atoms with Gasteiger partial charge in [0.2, 0.25) is 0 Å². The van der Waals surface area contributed by atoms with Crippen molar-refractivity contribution in [3.63, 3.8) is 0 Å². The zero-order valence-corrected chi connectivity index (χ0v) is 7.13. The van der Waals surface area contributed by atoms with Crippen molar-refractivity contribution in [3.8, 4) is 23.8 Å². The minimum atomic E-state index is 0.710. The molecule has 0 aliphatic rings. The second-order valence-corrected chi connectivity index (χ2v) is 2.25. The van der Waals surface area contributed by atoms with E-state index in [-0.39, 0.29) is 0 Å². The van der Waals surface area contributed by atoms with Crippen LogP contribution in [0.25, 0.3) is 0 Å². The van der Waals surface area contributed by atoms with E-state index in [0.29, 0.717) is 11.5 Å². The maximum atomic E-state index is 5.24. The Bertz CT molecular complexity index is 288. The molecule has 0 heterocycles. The zero-order chi connectivity index (χ0) is 8.97. The standard InChI is InChI=1S/C10H10O2/c1-4-8-5-9(11-2)7-10(6-8)12-3/h1,5-7H,2-3H3. The first kappa shape index (κ1) is 8.48. The van der Waals surface area contributed by atoms with Gasteiger partial charge in [-0.1, -0.05) is 5.92 Å². The van der Waals surface area contributed by atoms with E-state index < -0.39 is 0 Å². The maximum absolute atomic E-state index is 5.24. The number of hydrogen-bond acceptors (Lipinski definition) is 2. The highest BCUT2D eigenvalue weighted by Gasteiger charge is 1.98. The molecule has 0 saturated carbocycles. The quantitative estimate of drug-likeness (QED) is 0.616. The molecule has 0 spiro atoms. The third kappa shape index (κ3) is 1.70. The topological polar surface area (TPSA) is 18.5 Å². The molecule has 62 valence electrons. The predicted octanol–water partition coefficient (Wildman–Crippen LogP) is 1.69. The van der Waals surface area contributed by atoms with Gasteiger partial charge in [-0.05, 0) is 12.1 Å². The molecule has 0 radical (unpaired) electrons. The van der Waals surface area contributed by atoms with Gasteiger partial charge in [0.05, 0.1) is 14.2 Å². The fourth-order valence-corrected chi connectivity index (χ4v) is 0.891. The summed E-state index contributed by atoms with van der Waals surface area (Å²) in [5.41, 5.74) is 0.756. The number of hydrogen-bond donors (Lipinski definition) is 0. The van der Waals surface area contributed by atoms with E-state index in [1.165, 1.54) is 0 Å². The van der Waals surface area contributed by atoms with Crippen LogP contribution in [0.15, 0.2) is 18.2 Å². The number of benzene rings is 1. The summed E-state index contributed by atoms with van der Waals surface area (Å²) in [6, 6.07) is 5.34. The molecule has 2 nitrogen and oxygen atoms in total. The van der Waals surface area contributed by atoms with Gasteiger partial charge in [0.25, 0.3) is 0 Å². The van der Waals surface area contributed by atoms with E-state index in [0.717, 1.165) is 5.56 Å². The second-order valence-electron chi connectivity index (χ2n) is 2.25. The number of ether oxygens (including phenoxy) is 2. The summed E-state index contributed by atoms with van der Waals surface area (Å²) in [5, 5.41) is 0. The van der Waals surface area contributed by atoms with Crippen LogP contribution in [0.4, 0.5) is 0 Å². The van der Waals surface area contributed by atoms with E-state index in [1.54, 1.807) is 32.4 Å². The van der Waals surface area contributed by atoms with E-state index in [4.69, 9.17) is 15.9 Å². The number of methoxy groups -OCH3 is 2. The lowest BCUT2D eigenvalue weighted by Crippen LogP contribution is -1.88. The zero-order valence-electron chi connectivity index (χ0n) is 7.13. The number of rotatable bonds is 2. The Kier molecular flexibility index (Phi) is 2.60. The lowest BCUT2D eigenvalue weighted by Gasteiger charge is -2.04. The van der Waals surface area contributed by atoms with Crippen molar-refractivity contribution in [1.29, 1.82) is 0 Å². The van der Waals surface area contributed by atoms with Gasteiger partial charge in [0.15, 0.2) is 0 Å². The minimum absolute atomic E-state index is 0.710. The first-order valence-corrected chi connectivity index (χ1v) is 3.50. The van der Waals surface area contributed by atoms with E-state index >= 15 is 0 Å². The van der Waals surface area contributed by atoms with Crippen LogP contribution in [0.3, 0.4) is 0 Å². The molecule has 12 heavy (non-hydrogen) atoms. The first-order chi connectivity index (χ1) is 5.80. The molecule has 0 fully saturated rings. The van der Waals surface area contributed by atoms with Gasteiger partial charge in [-0.3, -0.25) is 0 Å². The average molecular weight is 162 g/mol. The Morgan fingerprint density at radius 2 is 1.58 bits per heavy atom. The van der Waals surface area contributed by atoms with Gasteiger partial charge < -0.3 is 9.47 Å². The monoisotopic (exact) mass is 162 g/mol. The third-order valence-electron chi connectivity index (χ3n) is 1.52. The van der Waals surface area contributed by atoms with Crippen molar-refractivity contribution in [2.45, 2.75) is 0 Å². The molecule has 1 aromatic carbocycles. The van der Waals surface area contributed by atoms with Crippen molar-refractivity contribution in [2.24, 2.45) is 0 Å². The van der Waals surface area contributed by atoms with Gasteiger partial charge >= 0.3 is 0 Å². The second kappa shape index (κ2) is 3.68. The van der Waals surface area contributed by atoms with Crippen molar-refractivity contribution < 1.29 is 9.47 Å². The molecule has 0 unspecified atom stereocenters. The third-order valence-corrected chi connectivity index (χ3v) is 1.52. The highest BCUT2D eigenvalue weighted by molar-refractivity contribution is 5.45. The first-order valence-electron chi connectivity index (χ1n) is 3.50. The molecule has 1 aromatic rings. The molecule has 0 saturated heterocycles. The Hall–Kier alpha value is -1.62. The van der Waals surface area contributed by atoms with Crippen LogP contribution in [0.2, 0.25) is 0 Å². The Morgan fingerprint density at radius 1 is 1.08 bits per heavy atom. The van der Waals surface area contributed by atoms with Crippen LogP contribution in [-0.2, 0) is 0 Å². The molecule has 0 N–H and O–H groups in total. The smallest absolute Gasteiger partial charge is 0.123 e. The summed E-state index contributed by atoms with van der Waals surface area (Å²) >= 11 is 0. The van der Waals surface area contributed by atoms with Crippen LogP contribution >= 0.6 is 0 Å². The molecule has 0 atom stereocenters. The van der Waals surface area contributed by atoms with Crippen molar-refractivity contribution >= 4 is 0 Å². The molecule has 1 rings (SSSR count). The van der Waals surface area contributed by atoms with Crippen molar-refractivity contribution in [1.82, 2.24) is 0 Å². The normalized spacial score (nSPS) is 8.75. The van der Waals surface area contributed by atoms with Crippen molar-refractivity contribution in [3.05, 3.63) is 23.8 Å². The Labute approximate surface area is 72.1 Å². The highest BCUT2D eigenvalue weighted by Crippen LogP contribution is 2.21. The molecular formula is C10H10O2. The summed E-state index contributed by atoms with van der Waals surface area (Å²) in [5.74, 6) is 3.94. The van der Waals surface area contributed by atoms with Crippen LogP contribution in [0.1, 0.15) is 5.56 Å². The lowest BCUT2D eigenvalue weighted by molar-refractivity contribution is 0.394. The summed E-state index contributed by atoms with van der Waals surface area (Å²) in [7, 11) is 3.18. The molecule has 0 bridgehead atoms. The largest absolute Gasteiger partial charge is 0.497 e. The summed E-state index contributed by atoms with van der Waals surface area (Å²) in [4.78, 5) is 0. The predicted molar refractivity (Wildman–Crippen MR) is 47.5 cm³/mol. The summed E-state index contributed by atoms with van der Waals surface area (Å²) in [6.45, 7) is 0. The SMILES string of the molecule is C#Cc1cc(OC)cc(OC)c1. The van der Waals surface area contributed by atoms with Crippen LogP contribution in [-0.4, -0.2) is 14.2 Å². The number of terminal acetylenes is 1. The fourth-order valence-electron chi connectivity index (χ4n) is 0.891. The van der Waals surface area contributed by atoms with E-state index in [9.17, 15) is 0 Å². The van der Waals surface area contributed by atoms with Gasteiger partial charge in [-0.15, -0.1) is 6.42 Å². The molecule has 0 aliphatic heterocycles. The Morgan fingerprint density at radius 3 is 1.92 bits per heavy atom. The van der Waals surface area contributed by atoms with Crippen molar-refractivity contribution in [2.75, 3.05) is 14.2 Å². The molecule has 0 amide bonds. The van der Waals surface area contributed by atoms with Gasteiger partial charge in [-0.2, -0.15) is 0 Å². The highest BCUT2D eigenvalue weighted by atomic mass is 16.5. The Balaban J connectivity index is 3.12.